The molecule has 0 fully saturated rings. The van der Waals surface area contributed by atoms with Crippen LogP contribution in [0.15, 0.2) is 50.8 Å². The molecule has 0 amide bonds. The van der Waals surface area contributed by atoms with E-state index >= 15 is 0 Å². The molecule has 3 aromatic heterocycles. The van der Waals surface area contributed by atoms with Gasteiger partial charge in [0, 0.05) is 24.7 Å². The molecule has 4 aromatic rings. The Hall–Kier alpha value is -4.19. The molecule has 0 spiro atoms. The van der Waals surface area contributed by atoms with Gasteiger partial charge in [-0.3, -0.25) is 13.9 Å². The van der Waals surface area contributed by atoms with Gasteiger partial charge in [0.25, 0.3) is 5.56 Å². The molecule has 0 saturated heterocycles. The van der Waals surface area contributed by atoms with E-state index in [1.54, 1.807) is 50.1 Å². The van der Waals surface area contributed by atoms with E-state index in [0.29, 0.717) is 40.6 Å². The van der Waals surface area contributed by atoms with Crippen LogP contribution in [0.5, 0.6) is 11.5 Å². The van der Waals surface area contributed by atoms with Crippen molar-refractivity contribution in [2.75, 3.05) is 14.2 Å². The summed E-state index contributed by atoms with van der Waals surface area (Å²) in [7, 11) is 4.83. The topological polar surface area (TPSA) is 93.4 Å². The summed E-state index contributed by atoms with van der Waals surface area (Å²) in [6, 6.07) is 7.04. The molecule has 9 heteroatoms. The van der Waals surface area contributed by atoms with Crippen molar-refractivity contribution < 1.29 is 13.9 Å². The fourth-order valence-corrected chi connectivity index (χ4v) is 3.51. The zero-order chi connectivity index (χ0) is 22.8. The summed E-state index contributed by atoms with van der Waals surface area (Å²) in [6.07, 6.45) is 3.01. The second kappa shape index (κ2) is 8.51. The molecule has 4 rings (SSSR count). The largest absolute Gasteiger partial charge is 0.493 e. The van der Waals surface area contributed by atoms with Gasteiger partial charge in [0.15, 0.2) is 28.5 Å². The molecular formula is C23H22N4O5. The van der Waals surface area contributed by atoms with Gasteiger partial charge in [-0.05, 0) is 37.1 Å². The SMILES string of the molecule is CCn1c(=O)n(Cc2ccoc2)c(=O)c2c1nc(C#Cc1ccc(OC)c(OC)c1)n2C. The number of nitrogens with zero attached hydrogens (tertiary/aromatic N) is 4. The van der Waals surface area contributed by atoms with Crippen LogP contribution < -0.4 is 20.7 Å². The summed E-state index contributed by atoms with van der Waals surface area (Å²) >= 11 is 0. The van der Waals surface area contributed by atoms with Gasteiger partial charge in [-0.2, -0.15) is 0 Å². The normalized spacial score (nSPS) is 10.8. The first-order valence-corrected chi connectivity index (χ1v) is 9.93. The summed E-state index contributed by atoms with van der Waals surface area (Å²) in [5, 5.41) is 0. The number of aromatic nitrogens is 4. The number of ether oxygens (including phenoxy) is 2. The highest BCUT2D eigenvalue weighted by atomic mass is 16.5. The average molecular weight is 434 g/mol. The van der Waals surface area contributed by atoms with Crippen molar-refractivity contribution in [2.45, 2.75) is 20.0 Å². The lowest BCUT2D eigenvalue weighted by atomic mass is 10.2. The van der Waals surface area contributed by atoms with Crippen LogP contribution in [0.4, 0.5) is 0 Å². The zero-order valence-electron chi connectivity index (χ0n) is 18.2. The smallest absolute Gasteiger partial charge is 0.333 e. The van der Waals surface area contributed by atoms with Crippen LogP contribution in [0.25, 0.3) is 11.2 Å². The molecular weight excluding hydrogens is 412 g/mol. The molecule has 0 atom stereocenters. The lowest BCUT2D eigenvalue weighted by Crippen LogP contribution is -2.40. The van der Waals surface area contributed by atoms with Crippen molar-refractivity contribution in [1.29, 1.82) is 0 Å². The maximum Gasteiger partial charge on any atom is 0.333 e. The number of rotatable bonds is 5. The van der Waals surface area contributed by atoms with E-state index in [-0.39, 0.29) is 6.54 Å². The first-order valence-electron chi connectivity index (χ1n) is 9.93. The molecule has 0 unspecified atom stereocenters. The Bertz CT molecular complexity index is 1460. The van der Waals surface area contributed by atoms with Gasteiger partial charge in [0.1, 0.15) is 0 Å². The number of furan rings is 1. The van der Waals surface area contributed by atoms with Crippen molar-refractivity contribution in [2.24, 2.45) is 7.05 Å². The minimum atomic E-state index is -0.427. The predicted octanol–water partition coefficient (Wildman–Crippen LogP) is 1.97. The first kappa shape index (κ1) is 21.1. The summed E-state index contributed by atoms with van der Waals surface area (Å²) in [4.78, 5) is 30.7. The molecule has 164 valence electrons. The third-order valence-electron chi connectivity index (χ3n) is 5.18. The minimum absolute atomic E-state index is 0.113. The molecule has 0 saturated carbocycles. The van der Waals surface area contributed by atoms with Crippen molar-refractivity contribution >= 4 is 11.2 Å². The van der Waals surface area contributed by atoms with Crippen LogP contribution in [-0.4, -0.2) is 32.9 Å². The Morgan fingerprint density at radius 1 is 1.06 bits per heavy atom. The third-order valence-corrected chi connectivity index (χ3v) is 5.18. The standard InChI is InChI=1S/C23H22N4O5/c1-5-26-21-20(22(28)27(23(26)29)13-16-10-11-32-14-16)25(2)19(24-21)9-7-15-6-8-17(30-3)18(12-15)31-4/h6,8,10-12,14H,5,13H2,1-4H3. The second-order valence-corrected chi connectivity index (χ2v) is 7.04. The Labute approximate surface area is 183 Å². The highest BCUT2D eigenvalue weighted by Crippen LogP contribution is 2.27. The molecule has 0 radical (unpaired) electrons. The molecule has 0 aliphatic carbocycles. The highest BCUT2D eigenvalue weighted by Gasteiger charge is 2.19. The third kappa shape index (κ3) is 3.56. The number of methoxy groups -OCH3 is 2. The molecule has 3 heterocycles. The Morgan fingerprint density at radius 3 is 2.50 bits per heavy atom. The molecule has 32 heavy (non-hydrogen) atoms. The molecule has 0 aliphatic heterocycles. The molecule has 0 aliphatic rings. The van der Waals surface area contributed by atoms with E-state index < -0.39 is 11.2 Å². The van der Waals surface area contributed by atoms with Crippen LogP contribution in [0.3, 0.4) is 0 Å². The van der Waals surface area contributed by atoms with Gasteiger partial charge in [-0.1, -0.05) is 5.92 Å². The van der Waals surface area contributed by atoms with Crippen molar-refractivity contribution in [3.8, 4) is 23.3 Å². The van der Waals surface area contributed by atoms with Crippen LogP contribution in [0.2, 0.25) is 0 Å². The lowest BCUT2D eigenvalue weighted by molar-refractivity contribution is 0.355. The van der Waals surface area contributed by atoms with Crippen LogP contribution in [0.1, 0.15) is 23.9 Å². The molecule has 0 bridgehead atoms. The quantitative estimate of drug-likeness (QED) is 0.446. The summed E-state index contributed by atoms with van der Waals surface area (Å²) in [6.45, 7) is 2.31. The van der Waals surface area contributed by atoms with E-state index in [2.05, 4.69) is 16.8 Å². The van der Waals surface area contributed by atoms with Gasteiger partial charge in [-0.25, -0.2) is 9.78 Å². The number of aryl methyl sites for hydroxylation is 2. The number of hydrogen-bond acceptors (Lipinski definition) is 6. The number of fused-ring (bicyclic) bond motifs is 1. The first-order chi connectivity index (χ1) is 15.5. The van der Waals surface area contributed by atoms with Crippen molar-refractivity contribution in [3.63, 3.8) is 0 Å². The number of imidazole rings is 1. The van der Waals surface area contributed by atoms with Crippen LogP contribution in [0, 0.1) is 11.8 Å². The molecule has 0 N–H and O–H groups in total. The van der Waals surface area contributed by atoms with Gasteiger partial charge in [0.05, 0.1) is 33.3 Å². The van der Waals surface area contributed by atoms with Crippen LogP contribution in [-0.2, 0) is 20.1 Å². The summed E-state index contributed by atoms with van der Waals surface area (Å²) in [5.41, 5.74) is 1.19. The van der Waals surface area contributed by atoms with Crippen molar-refractivity contribution in [3.05, 3.63) is 74.6 Å². The fourth-order valence-electron chi connectivity index (χ4n) is 3.51. The maximum absolute atomic E-state index is 13.2. The Morgan fingerprint density at radius 2 is 1.84 bits per heavy atom. The predicted molar refractivity (Wildman–Crippen MR) is 118 cm³/mol. The van der Waals surface area contributed by atoms with E-state index in [0.717, 1.165) is 5.56 Å². The van der Waals surface area contributed by atoms with Crippen LogP contribution >= 0.6 is 0 Å². The average Bonchev–Trinajstić information content (AvgIpc) is 3.43. The molecule has 9 nitrogen and oxygen atoms in total. The number of hydrogen-bond donors (Lipinski definition) is 0. The van der Waals surface area contributed by atoms with Gasteiger partial charge < -0.3 is 18.5 Å². The van der Waals surface area contributed by atoms with Gasteiger partial charge in [0.2, 0.25) is 0 Å². The summed E-state index contributed by atoms with van der Waals surface area (Å²) in [5.74, 6) is 7.57. The van der Waals surface area contributed by atoms with E-state index in [1.165, 1.54) is 21.7 Å². The fraction of sp³-hybridized carbons (Fsp3) is 0.261. The molecule has 1 aromatic carbocycles. The van der Waals surface area contributed by atoms with Crippen molar-refractivity contribution in [1.82, 2.24) is 18.7 Å². The minimum Gasteiger partial charge on any atom is -0.493 e. The Kier molecular flexibility index (Phi) is 5.60. The maximum atomic E-state index is 13.2. The lowest BCUT2D eigenvalue weighted by Gasteiger charge is -2.09. The summed E-state index contributed by atoms with van der Waals surface area (Å²) < 4.78 is 19.9. The monoisotopic (exact) mass is 434 g/mol. The van der Waals surface area contributed by atoms with E-state index in [4.69, 9.17) is 13.9 Å². The van der Waals surface area contributed by atoms with E-state index in [9.17, 15) is 9.59 Å². The van der Waals surface area contributed by atoms with Gasteiger partial charge in [-0.15, -0.1) is 0 Å². The Balaban J connectivity index is 1.85. The zero-order valence-corrected chi connectivity index (χ0v) is 18.2. The van der Waals surface area contributed by atoms with E-state index in [1.807, 2.05) is 6.92 Å². The second-order valence-electron chi connectivity index (χ2n) is 7.04. The number of benzene rings is 1. The van der Waals surface area contributed by atoms with Gasteiger partial charge >= 0.3 is 5.69 Å². The highest BCUT2D eigenvalue weighted by molar-refractivity contribution is 5.72.